The highest BCUT2D eigenvalue weighted by molar-refractivity contribution is 9.10. The molecule has 1 rings (SSSR count). The Morgan fingerprint density at radius 3 is 2.41 bits per heavy atom. The van der Waals surface area contributed by atoms with Crippen molar-refractivity contribution in [1.29, 1.82) is 0 Å². The first-order valence-corrected chi connectivity index (χ1v) is 6.87. The van der Waals surface area contributed by atoms with Gasteiger partial charge in [0, 0.05) is 20.6 Å². The van der Waals surface area contributed by atoms with Crippen molar-refractivity contribution in [3.8, 4) is 0 Å². The molecule has 0 radical (unpaired) electrons. The van der Waals surface area contributed by atoms with Crippen molar-refractivity contribution in [3.05, 3.63) is 10.2 Å². The largest absolute Gasteiger partial charge is 0.369 e. The molecular weight excluding hydrogens is 280 g/mol. The molecule has 1 N–H and O–H groups in total. The van der Waals surface area contributed by atoms with Crippen molar-refractivity contribution in [2.45, 2.75) is 33.1 Å². The Morgan fingerprint density at radius 2 is 1.88 bits per heavy atom. The van der Waals surface area contributed by atoms with Crippen LogP contribution < -0.4 is 10.2 Å². The lowest BCUT2D eigenvalue weighted by Gasteiger charge is -2.16. The van der Waals surface area contributed by atoms with E-state index in [1.54, 1.807) is 0 Å². The minimum atomic E-state index is 0.759. The number of hydrogen-bond acceptors (Lipinski definition) is 4. The van der Waals surface area contributed by atoms with E-state index in [2.05, 4.69) is 45.1 Å². The monoisotopic (exact) mass is 300 g/mol. The zero-order valence-corrected chi connectivity index (χ0v) is 12.6. The maximum absolute atomic E-state index is 4.56. The minimum Gasteiger partial charge on any atom is -0.369 e. The molecule has 4 nitrogen and oxygen atoms in total. The Balaban J connectivity index is 3.08. The van der Waals surface area contributed by atoms with Crippen LogP contribution in [0.4, 0.5) is 11.8 Å². The molecule has 0 spiro atoms. The summed E-state index contributed by atoms with van der Waals surface area (Å²) in [4.78, 5) is 11.0. The van der Waals surface area contributed by atoms with Crippen LogP contribution in [0.5, 0.6) is 0 Å². The van der Waals surface area contributed by atoms with E-state index >= 15 is 0 Å². The van der Waals surface area contributed by atoms with Gasteiger partial charge in [-0.3, -0.25) is 0 Å². The predicted molar refractivity (Wildman–Crippen MR) is 76.8 cm³/mol. The van der Waals surface area contributed by atoms with Crippen LogP contribution in [0.15, 0.2) is 4.47 Å². The van der Waals surface area contributed by atoms with Gasteiger partial charge in [-0.05, 0) is 28.8 Å². The van der Waals surface area contributed by atoms with Crippen LogP contribution >= 0.6 is 15.9 Å². The van der Waals surface area contributed by atoms with E-state index in [1.165, 1.54) is 0 Å². The lowest BCUT2D eigenvalue weighted by Crippen LogP contribution is -2.16. The van der Waals surface area contributed by atoms with Gasteiger partial charge in [0.15, 0.2) is 0 Å². The first-order chi connectivity index (χ1) is 8.10. The normalized spacial score (nSPS) is 10.4. The van der Waals surface area contributed by atoms with Crippen molar-refractivity contribution in [2.24, 2.45) is 0 Å². The van der Waals surface area contributed by atoms with Gasteiger partial charge in [-0.1, -0.05) is 20.3 Å². The fraction of sp³-hybridized carbons (Fsp3) is 0.667. The molecule has 1 aromatic rings. The highest BCUT2D eigenvalue weighted by atomic mass is 79.9. The summed E-state index contributed by atoms with van der Waals surface area (Å²) in [6.07, 6.45) is 3.12. The molecule has 5 heteroatoms. The first-order valence-electron chi connectivity index (χ1n) is 6.07. The summed E-state index contributed by atoms with van der Waals surface area (Å²) in [5.41, 5.74) is 1.07. The molecule has 0 aliphatic carbocycles. The van der Waals surface area contributed by atoms with E-state index in [0.29, 0.717) is 0 Å². The molecule has 0 aliphatic heterocycles. The molecule has 0 amide bonds. The van der Waals surface area contributed by atoms with Crippen LogP contribution in [-0.4, -0.2) is 30.6 Å². The van der Waals surface area contributed by atoms with Crippen molar-refractivity contribution in [3.63, 3.8) is 0 Å². The first kappa shape index (κ1) is 14.2. The van der Waals surface area contributed by atoms with Crippen LogP contribution in [0.25, 0.3) is 0 Å². The van der Waals surface area contributed by atoms with Gasteiger partial charge in [-0.15, -0.1) is 0 Å². The summed E-state index contributed by atoms with van der Waals surface area (Å²) >= 11 is 3.59. The van der Waals surface area contributed by atoms with Gasteiger partial charge >= 0.3 is 0 Å². The number of aromatic nitrogens is 2. The zero-order chi connectivity index (χ0) is 12.8. The lowest BCUT2D eigenvalue weighted by atomic mass is 10.2. The quantitative estimate of drug-likeness (QED) is 0.876. The Bertz CT molecular complexity index is 366. The van der Waals surface area contributed by atoms with E-state index in [0.717, 1.165) is 47.7 Å². The number of halogens is 1. The Morgan fingerprint density at radius 1 is 1.18 bits per heavy atom. The highest BCUT2D eigenvalue weighted by Gasteiger charge is 2.12. The Hall–Kier alpha value is -0.840. The van der Waals surface area contributed by atoms with Gasteiger partial charge in [-0.25, -0.2) is 4.98 Å². The second kappa shape index (κ2) is 6.79. The molecule has 17 heavy (non-hydrogen) atoms. The van der Waals surface area contributed by atoms with Crippen LogP contribution in [0.3, 0.4) is 0 Å². The summed E-state index contributed by atoms with van der Waals surface area (Å²) in [5.74, 6) is 1.66. The fourth-order valence-electron chi connectivity index (χ4n) is 1.44. The Labute approximate surface area is 112 Å². The molecule has 96 valence electrons. The molecule has 0 saturated heterocycles. The lowest BCUT2D eigenvalue weighted by molar-refractivity contribution is 0.849. The number of aryl methyl sites for hydroxylation is 1. The third-order valence-electron chi connectivity index (χ3n) is 2.34. The third kappa shape index (κ3) is 3.84. The molecule has 1 heterocycles. The minimum absolute atomic E-state index is 0.759. The van der Waals surface area contributed by atoms with E-state index in [-0.39, 0.29) is 0 Å². The maximum Gasteiger partial charge on any atom is 0.227 e. The zero-order valence-electron chi connectivity index (χ0n) is 11.0. The van der Waals surface area contributed by atoms with Gasteiger partial charge in [0.05, 0.1) is 10.2 Å². The third-order valence-corrected chi connectivity index (χ3v) is 3.17. The fourth-order valence-corrected chi connectivity index (χ4v) is 1.96. The molecule has 0 saturated carbocycles. The molecule has 0 aliphatic rings. The van der Waals surface area contributed by atoms with E-state index in [4.69, 9.17) is 0 Å². The van der Waals surface area contributed by atoms with Crippen molar-refractivity contribution in [2.75, 3.05) is 30.9 Å². The van der Waals surface area contributed by atoms with Crippen LogP contribution in [-0.2, 0) is 6.42 Å². The Kier molecular flexibility index (Phi) is 5.68. The summed E-state index contributed by atoms with van der Waals surface area (Å²) in [6, 6.07) is 0. The second-order valence-electron chi connectivity index (χ2n) is 4.20. The smallest absolute Gasteiger partial charge is 0.227 e. The number of nitrogens with one attached hydrogen (secondary N) is 1. The van der Waals surface area contributed by atoms with Gasteiger partial charge < -0.3 is 10.2 Å². The van der Waals surface area contributed by atoms with Crippen molar-refractivity contribution < 1.29 is 0 Å². The summed E-state index contributed by atoms with van der Waals surface area (Å²) in [6.45, 7) is 5.22. The summed E-state index contributed by atoms with van der Waals surface area (Å²) < 4.78 is 0.999. The SMILES string of the molecule is CCCNc1nc(N(C)C)nc(CCC)c1Br. The summed E-state index contributed by atoms with van der Waals surface area (Å²) in [5, 5.41) is 3.33. The van der Waals surface area contributed by atoms with Crippen LogP contribution in [0, 0.1) is 0 Å². The van der Waals surface area contributed by atoms with Crippen LogP contribution in [0.2, 0.25) is 0 Å². The van der Waals surface area contributed by atoms with E-state index in [1.807, 2.05) is 19.0 Å². The molecule has 0 atom stereocenters. The number of rotatable bonds is 6. The van der Waals surface area contributed by atoms with E-state index in [9.17, 15) is 0 Å². The summed E-state index contributed by atoms with van der Waals surface area (Å²) in [7, 11) is 3.92. The van der Waals surface area contributed by atoms with Crippen molar-refractivity contribution in [1.82, 2.24) is 9.97 Å². The number of anilines is 2. The molecule has 0 aromatic carbocycles. The van der Waals surface area contributed by atoms with Gasteiger partial charge in [0.2, 0.25) is 5.95 Å². The molecular formula is C12H21BrN4. The standard InChI is InChI=1S/C12H21BrN4/c1-5-7-9-10(13)11(14-8-6-2)16-12(15-9)17(3)4/h5-8H2,1-4H3,(H,14,15,16). The molecule has 0 unspecified atom stereocenters. The maximum atomic E-state index is 4.56. The molecule has 1 aromatic heterocycles. The number of hydrogen-bond donors (Lipinski definition) is 1. The van der Waals surface area contributed by atoms with Crippen LogP contribution in [0.1, 0.15) is 32.4 Å². The number of nitrogens with zero attached hydrogens (tertiary/aromatic N) is 3. The molecule has 0 bridgehead atoms. The second-order valence-corrected chi connectivity index (χ2v) is 5.00. The van der Waals surface area contributed by atoms with Crippen molar-refractivity contribution >= 4 is 27.7 Å². The van der Waals surface area contributed by atoms with Gasteiger partial charge in [-0.2, -0.15) is 4.98 Å². The molecule has 0 fully saturated rings. The topological polar surface area (TPSA) is 41.1 Å². The average molecular weight is 301 g/mol. The van der Waals surface area contributed by atoms with Gasteiger partial charge in [0.1, 0.15) is 5.82 Å². The predicted octanol–water partition coefficient (Wildman–Crippen LogP) is 3.08. The highest BCUT2D eigenvalue weighted by Crippen LogP contribution is 2.26. The average Bonchev–Trinajstić information content (AvgIpc) is 2.30. The van der Waals surface area contributed by atoms with Gasteiger partial charge in [0.25, 0.3) is 0 Å². The van der Waals surface area contributed by atoms with E-state index < -0.39 is 0 Å².